The largest absolute Gasteiger partial charge is 0.383 e. The molecular formula is C14H19N5O. The molecule has 2 N–H and O–H groups in total. The van der Waals surface area contributed by atoms with Gasteiger partial charge in [0.15, 0.2) is 0 Å². The lowest BCUT2D eigenvalue weighted by atomic mass is 10.2. The van der Waals surface area contributed by atoms with Crippen LogP contribution in [0.15, 0.2) is 18.2 Å². The predicted molar refractivity (Wildman–Crippen MR) is 78.2 cm³/mol. The van der Waals surface area contributed by atoms with Crippen LogP contribution in [0.1, 0.15) is 5.56 Å². The maximum absolute atomic E-state index is 8.98. The molecule has 1 aromatic heterocycles. The van der Waals surface area contributed by atoms with Crippen LogP contribution in [0.3, 0.4) is 0 Å². The lowest BCUT2D eigenvalue weighted by Crippen LogP contribution is -2.27. The van der Waals surface area contributed by atoms with Crippen molar-refractivity contribution in [2.24, 2.45) is 0 Å². The van der Waals surface area contributed by atoms with Crippen molar-refractivity contribution < 1.29 is 4.74 Å². The number of methoxy groups -OCH3 is 1. The van der Waals surface area contributed by atoms with Crippen LogP contribution in [0.5, 0.6) is 0 Å². The van der Waals surface area contributed by atoms with E-state index in [1.54, 1.807) is 13.2 Å². The molecule has 0 aliphatic carbocycles. The molecule has 0 unspecified atom stereocenters. The second kappa shape index (κ2) is 6.37. The first-order valence-corrected chi connectivity index (χ1v) is 6.49. The first kappa shape index (κ1) is 14.3. The summed E-state index contributed by atoms with van der Waals surface area (Å²) < 4.78 is 7.00. The molecule has 2 aromatic rings. The van der Waals surface area contributed by atoms with E-state index in [0.717, 1.165) is 30.7 Å². The highest BCUT2D eigenvalue weighted by molar-refractivity contribution is 5.79. The van der Waals surface area contributed by atoms with Crippen LogP contribution < -0.4 is 5.73 Å². The monoisotopic (exact) mass is 273 g/mol. The van der Waals surface area contributed by atoms with Crippen molar-refractivity contribution in [1.29, 1.82) is 5.26 Å². The molecule has 0 bridgehead atoms. The second-order valence-corrected chi connectivity index (χ2v) is 4.73. The van der Waals surface area contributed by atoms with Crippen molar-refractivity contribution in [1.82, 2.24) is 14.5 Å². The molecule has 0 aliphatic heterocycles. The third-order valence-corrected chi connectivity index (χ3v) is 3.29. The Labute approximate surface area is 118 Å². The summed E-state index contributed by atoms with van der Waals surface area (Å²) in [5.74, 6) is 0.482. The Hall–Kier alpha value is -2.10. The molecule has 0 saturated heterocycles. The van der Waals surface area contributed by atoms with Gasteiger partial charge in [0.2, 0.25) is 5.95 Å². The lowest BCUT2D eigenvalue weighted by molar-refractivity contribution is 0.159. The molecule has 0 spiro atoms. The summed E-state index contributed by atoms with van der Waals surface area (Å²) in [7, 11) is 3.73. The van der Waals surface area contributed by atoms with Crippen molar-refractivity contribution in [2.75, 3.05) is 39.6 Å². The average molecular weight is 273 g/mol. The fourth-order valence-corrected chi connectivity index (χ4v) is 2.08. The summed E-state index contributed by atoms with van der Waals surface area (Å²) >= 11 is 0. The zero-order valence-electron chi connectivity index (χ0n) is 11.8. The maximum Gasteiger partial charge on any atom is 0.201 e. The van der Waals surface area contributed by atoms with Crippen LogP contribution in [0.25, 0.3) is 11.0 Å². The van der Waals surface area contributed by atoms with Crippen LogP contribution >= 0.6 is 0 Å². The number of nitrogen functional groups attached to an aromatic ring is 1. The molecule has 20 heavy (non-hydrogen) atoms. The number of nitrogens with zero attached hydrogens (tertiary/aromatic N) is 4. The number of hydrogen-bond donors (Lipinski definition) is 1. The molecule has 0 saturated carbocycles. The number of aromatic nitrogens is 2. The van der Waals surface area contributed by atoms with E-state index in [-0.39, 0.29) is 0 Å². The number of benzene rings is 1. The third kappa shape index (κ3) is 3.07. The first-order valence-electron chi connectivity index (χ1n) is 6.49. The standard InChI is InChI=1S/C14H19N5O/c1-18(7-8-20-2)5-6-19-13-9-11(10-15)3-4-12(13)17-14(19)16/h3-4,9H,5-8H2,1-2H3,(H2,16,17). The van der Waals surface area contributed by atoms with Gasteiger partial charge in [0, 0.05) is 26.7 Å². The maximum atomic E-state index is 8.98. The minimum Gasteiger partial charge on any atom is -0.383 e. The Balaban J connectivity index is 2.16. The van der Waals surface area contributed by atoms with E-state index in [4.69, 9.17) is 15.7 Å². The number of anilines is 1. The number of nitrogens with two attached hydrogens (primary N) is 1. The van der Waals surface area contributed by atoms with Gasteiger partial charge in [-0.3, -0.25) is 0 Å². The summed E-state index contributed by atoms with van der Waals surface area (Å²) in [6, 6.07) is 7.55. The van der Waals surface area contributed by atoms with Crippen molar-refractivity contribution in [3.8, 4) is 6.07 Å². The van der Waals surface area contributed by atoms with Crippen molar-refractivity contribution in [3.05, 3.63) is 23.8 Å². The van der Waals surface area contributed by atoms with Gasteiger partial charge < -0.3 is 19.9 Å². The second-order valence-electron chi connectivity index (χ2n) is 4.73. The highest BCUT2D eigenvalue weighted by atomic mass is 16.5. The molecule has 6 nitrogen and oxygen atoms in total. The number of ether oxygens (including phenoxy) is 1. The van der Waals surface area contributed by atoms with Crippen LogP contribution in [0, 0.1) is 11.3 Å². The van der Waals surface area contributed by atoms with Gasteiger partial charge in [-0.15, -0.1) is 0 Å². The molecule has 0 amide bonds. The van der Waals surface area contributed by atoms with Crippen LogP contribution in [0.2, 0.25) is 0 Å². The highest BCUT2D eigenvalue weighted by Crippen LogP contribution is 2.19. The van der Waals surface area contributed by atoms with Crippen molar-refractivity contribution >= 4 is 17.0 Å². The highest BCUT2D eigenvalue weighted by Gasteiger charge is 2.09. The summed E-state index contributed by atoms with van der Waals surface area (Å²) in [6.07, 6.45) is 0. The van der Waals surface area contributed by atoms with Gasteiger partial charge in [-0.1, -0.05) is 0 Å². The quantitative estimate of drug-likeness (QED) is 0.851. The molecule has 1 heterocycles. The Morgan fingerprint density at radius 1 is 1.45 bits per heavy atom. The van der Waals surface area contributed by atoms with Crippen molar-refractivity contribution in [2.45, 2.75) is 6.54 Å². The minimum atomic E-state index is 0.482. The van der Waals surface area contributed by atoms with E-state index in [0.29, 0.717) is 18.1 Å². The van der Waals surface area contributed by atoms with Gasteiger partial charge in [0.05, 0.1) is 29.3 Å². The Morgan fingerprint density at radius 2 is 2.25 bits per heavy atom. The van der Waals surface area contributed by atoms with Gasteiger partial charge in [-0.05, 0) is 25.2 Å². The lowest BCUT2D eigenvalue weighted by Gasteiger charge is -2.17. The topological polar surface area (TPSA) is 80.1 Å². The van der Waals surface area contributed by atoms with E-state index in [1.165, 1.54) is 0 Å². The molecule has 0 fully saturated rings. The number of rotatable bonds is 6. The van der Waals surface area contributed by atoms with Gasteiger partial charge in [-0.25, -0.2) is 4.98 Å². The van der Waals surface area contributed by atoms with Crippen LogP contribution in [-0.4, -0.2) is 48.3 Å². The Morgan fingerprint density at radius 3 is 2.95 bits per heavy atom. The number of imidazole rings is 1. The zero-order valence-corrected chi connectivity index (χ0v) is 11.8. The number of fused-ring (bicyclic) bond motifs is 1. The molecule has 0 aliphatic rings. The molecule has 106 valence electrons. The summed E-state index contributed by atoms with van der Waals surface area (Å²) in [5.41, 5.74) is 8.30. The fourth-order valence-electron chi connectivity index (χ4n) is 2.08. The molecule has 0 atom stereocenters. The molecule has 2 rings (SSSR count). The van der Waals surface area contributed by atoms with Crippen molar-refractivity contribution in [3.63, 3.8) is 0 Å². The van der Waals surface area contributed by atoms with E-state index >= 15 is 0 Å². The average Bonchev–Trinajstić information content (AvgIpc) is 2.77. The fraction of sp³-hybridized carbons (Fsp3) is 0.429. The SMILES string of the molecule is COCCN(C)CCn1c(N)nc2ccc(C#N)cc21. The third-order valence-electron chi connectivity index (χ3n) is 3.29. The zero-order chi connectivity index (χ0) is 14.5. The van der Waals surface area contributed by atoms with Crippen LogP contribution in [-0.2, 0) is 11.3 Å². The smallest absolute Gasteiger partial charge is 0.201 e. The predicted octanol–water partition coefficient (Wildman–Crippen LogP) is 1.07. The van der Waals surface area contributed by atoms with E-state index in [9.17, 15) is 0 Å². The molecule has 6 heteroatoms. The molecule has 0 radical (unpaired) electrons. The molecular weight excluding hydrogens is 254 g/mol. The van der Waals surface area contributed by atoms with Gasteiger partial charge in [0.1, 0.15) is 0 Å². The normalized spacial score (nSPS) is 11.1. The van der Waals surface area contributed by atoms with Gasteiger partial charge in [-0.2, -0.15) is 5.26 Å². The van der Waals surface area contributed by atoms with Crippen LogP contribution in [0.4, 0.5) is 5.95 Å². The summed E-state index contributed by atoms with van der Waals surface area (Å²) in [4.78, 5) is 6.49. The Bertz CT molecular complexity index is 628. The van der Waals surface area contributed by atoms with E-state index in [2.05, 4.69) is 16.0 Å². The van der Waals surface area contributed by atoms with E-state index < -0.39 is 0 Å². The number of likely N-dealkylation sites (N-methyl/N-ethyl adjacent to an activating group) is 1. The minimum absolute atomic E-state index is 0.482. The van der Waals surface area contributed by atoms with Gasteiger partial charge in [0.25, 0.3) is 0 Å². The summed E-state index contributed by atoms with van der Waals surface area (Å²) in [6.45, 7) is 3.15. The Kier molecular flexibility index (Phi) is 4.56. The van der Waals surface area contributed by atoms with Gasteiger partial charge >= 0.3 is 0 Å². The summed E-state index contributed by atoms with van der Waals surface area (Å²) in [5, 5.41) is 8.98. The van der Waals surface area contributed by atoms with E-state index in [1.807, 2.05) is 23.7 Å². The number of hydrogen-bond acceptors (Lipinski definition) is 5. The number of nitriles is 1. The first-order chi connectivity index (χ1) is 9.65. The molecule has 1 aromatic carbocycles.